The van der Waals surface area contributed by atoms with Crippen molar-refractivity contribution in [3.63, 3.8) is 0 Å². The van der Waals surface area contributed by atoms with Gasteiger partial charge in [-0.15, -0.1) is 0 Å². The summed E-state index contributed by atoms with van der Waals surface area (Å²) in [5.74, 6) is -0.00458. The first kappa shape index (κ1) is 17.0. The van der Waals surface area contributed by atoms with Crippen molar-refractivity contribution in [2.24, 2.45) is 0 Å². The van der Waals surface area contributed by atoms with Crippen molar-refractivity contribution in [2.45, 2.75) is 19.4 Å². The molecule has 0 unspecified atom stereocenters. The lowest BCUT2D eigenvalue weighted by atomic mass is 10.0. The van der Waals surface area contributed by atoms with Crippen LogP contribution in [0.3, 0.4) is 0 Å². The Bertz CT molecular complexity index is 731. The lowest BCUT2D eigenvalue weighted by molar-refractivity contribution is -0.120. The number of carbonyl (C=O) groups excluding carboxylic acids is 2. The Morgan fingerprint density at radius 3 is 2.52 bits per heavy atom. The van der Waals surface area contributed by atoms with E-state index >= 15 is 0 Å². The highest BCUT2D eigenvalue weighted by Gasteiger charge is 2.20. The van der Waals surface area contributed by atoms with Crippen LogP contribution in [-0.4, -0.2) is 41.5 Å². The third kappa shape index (κ3) is 4.35. The van der Waals surface area contributed by atoms with Gasteiger partial charge in [0.05, 0.1) is 6.04 Å². The number of carbonyl (C=O) groups is 2. The van der Waals surface area contributed by atoms with Gasteiger partial charge in [-0.05, 0) is 35.7 Å². The van der Waals surface area contributed by atoms with E-state index in [4.69, 9.17) is 0 Å². The van der Waals surface area contributed by atoms with Crippen LogP contribution >= 0.6 is 0 Å². The molecule has 0 radical (unpaired) electrons. The molecule has 0 spiro atoms. The molecule has 6 heteroatoms. The highest BCUT2D eigenvalue weighted by molar-refractivity contribution is 5.79. The molecular formula is C19H22N4O2. The summed E-state index contributed by atoms with van der Waals surface area (Å²) >= 11 is 0. The zero-order valence-corrected chi connectivity index (χ0v) is 14.2. The first-order valence-corrected chi connectivity index (χ1v) is 8.46. The van der Waals surface area contributed by atoms with Crippen LogP contribution in [-0.2, 0) is 4.79 Å². The largest absolute Gasteiger partial charge is 0.354 e. The van der Waals surface area contributed by atoms with Crippen molar-refractivity contribution in [3.05, 3.63) is 54.4 Å². The molecule has 1 aromatic heterocycles. The zero-order chi connectivity index (χ0) is 17.6. The number of benzene rings is 1. The highest BCUT2D eigenvalue weighted by Crippen LogP contribution is 2.21. The molecule has 1 aliphatic rings. The minimum atomic E-state index is -0.137. The molecule has 2 N–H and O–H groups in total. The fourth-order valence-electron chi connectivity index (χ4n) is 2.84. The third-order valence-corrected chi connectivity index (χ3v) is 4.36. The van der Waals surface area contributed by atoms with Crippen LogP contribution < -0.4 is 10.6 Å². The van der Waals surface area contributed by atoms with Crippen LogP contribution in [0.4, 0.5) is 4.79 Å². The maximum absolute atomic E-state index is 12.4. The van der Waals surface area contributed by atoms with Gasteiger partial charge in [0, 0.05) is 38.4 Å². The van der Waals surface area contributed by atoms with E-state index in [1.54, 1.807) is 17.3 Å². The Labute approximate surface area is 147 Å². The molecule has 0 bridgehead atoms. The average Bonchev–Trinajstić information content (AvgIpc) is 2.87. The van der Waals surface area contributed by atoms with Gasteiger partial charge in [0.1, 0.15) is 0 Å². The van der Waals surface area contributed by atoms with Crippen LogP contribution in [0.15, 0.2) is 48.8 Å². The second kappa shape index (κ2) is 7.79. The van der Waals surface area contributed by atoms with Gasteiger partial charge in [-0.2, -0.15) is 0 Å². The second-order valence-electron chi connectivity index (χ2n) is 6.12. The topological polar surface area (TPSA) is 74.3 Å². The predicted molar refractivity (Wildman–Crippen MR) is 95.8 cm³/mol. The maximum atomic E-state index is 12.4. The molecule has 1 fully saturated rings. The molecule has 1 aromatic carbocycles. The first-order valence-electron chi connectivity index (χ1n) is 8.46. The molecule has 6 nitrogen and oxygen atoms in total. The Kier molecular flexibility index (Phi) is 5.28. The summed E-state index contributed by atoms with van der Waals surface area (Å²) in [5.41, 5.74) is 3.26. The maximum Gasteiger partial charge on any atom is 0.317 e. The molecule has 1 aliphatic heterocycles. The van der Waals surface area contributed by atoms with Gasteiger partial charge in [-0.3, -0.25) is 9.78 Å². The van der Waals surface area contributed by atoms with Gasteiger partial charge in [-0.1, -0.05) is 24.3 Å². The fraction of sp³-hybridized carbons (Fsp3) is 0.316. The highest BCUT2D eigenvalue weighted by atomic mass is 16.2. The van der Waals surface area contributed by atoms with Gasteiger partial charge in [0.15, 0.2) is 0 Å². The number of hydrogen-bond acceptors (Lipinski definition) is 3. The number of nitrogens with one attached hydrogen (secondary N) is 2. The number of aromatic nitrogens is 1. The van der Waals surface area contributed by atoms with E-state index in [-0.39, 0.29) is 18.0 Å². The standard InChI is InChI=1S/C19H22N4O2/c1-14(22-19(25)23-12-8-18(24)21-11-13-23)15-2-4-16(5-3-15)17-6-9-20-10-7-17/h2-7,9-10,14H,8,11-13H2,1H3,(H,21,24)(H,22,25)/t14-/m1/s1. The Morgan fingerprint density at radius 1 is 1.12 bits per heavy atom. The van der Waals surface area contributed by atoms with E-state index in [2.05, 4.69) is 15.6 Å². The van der Waals surface area contributed by atoms with E-state index in [1.807, 2.05) is 43.3 Å². The van der Waals surface area contributed by atoms with Crippen LogP contribution in [0.2, 0.25) is 0 Å². The molecule has 1 saturated heterocycles. The summed E-state index contributed by atoms with van der Waals surface area (Å²) < 4.78 is 0. The number of hydrogen-bond donors (Lipinski definition) is 2. The quantitative estimate of drug-likeness (QED) is 0.902. The number of nitrogens with zero attached hydrogens (tertiary/aromatic N) is 2. The van der Waals surface area contributed by atoms with Crippen molar-refractivity contribution in [1.82, 2.24) is 20.5 Å². The van der Waals surface area contributed by atoms with Crippen molar-refractivity contribution in [2.75, 3.05) is 19.6 Å². The van der Waals surface area contributed by atoms with E-state index in [0.717, 1.165) is 16.7 Å². The average molecular weight is 338 g/mol. The van der Waals surface area contributed by atoms with Crippen LogP contribution in [0, 0.1) is 0 Å². The van der Waals surface area contributed by atoms with E-state index in [1.165, 1.54) is 0 Å². The van der Waals surface area contributed by atoms with Crippen molar-refractivity contribution < 1.29 is 9.59 Å². The third-order valence-electron chi connectivity index (χ3n) is 4.36. The normalized spacial score (nSPS) is 15.9. The fourth-order valence-corrected chi connectivity index (χ4v) is 2.84. The zero-order valence-electron chi connectivity index (χ0n) is 14.2. The molecule has 2 heterocycles. The molecular weight excluding hydrogens is 316 g/mol. The smallest absolute Gasteiger partial charge is 0.317 e. The summed E-state index contributed by atoms with van der Waals surface area (Å²) in [6.45, 7) is 3.44. The lowest BCUT2D eigenvalue weighted by Gasteiger charge is -2.23. The van der Waals surface area contributed by atoms with Crippen LogP contribution in [0.25, 0.3) is 11.1 Å². The van der Waals surface area contributed by atoms with Crippen LogP contribution in [0.1, 0.15) is 24.9 Å². The second-order valence-corrected chi connectivity index (χ2v) is 6.12. The minimum Gasteiger partial charge on any atom is -0.354 e. The predicted octanol–water partition coefficient (Wildman–Crippen LogP) is 2.34. The van der Waals surface area contributed by atoms with Crippen LogP contribution in [0.5, 0.6) is 0 Å². The molecule has 130 valence electrons. The first-order chi connectivity index (χ1) is 12.1. The molecule has 25 heavy (non-hydrogen) atoms. The monoisotopic (exact) mass is 338 g/mol. The van der Waals surface area contributed by atoms with Gasteiger partial charge in [0.2, 0.25) is 5.91 Å². The number of rotatable bonds is 3. The van der Waals surface area contributed by atoms with Crippen molar-refractivity contribution in [1.29, 1.82) is 0 Å². The van der Waals surface area contributed by atoms with E-state index in [9.17, 15) is 9.59 Å². The molecule has 3 rings (SSSR count). The SMILES string of the molecule is C[C@@H](NC(=O)N1CCNC(=O)CC1)c1ccc(-c2ccncc2)cc1. The van der Waals surface area contributed by atoms with Gasteiger partial charge >= 0.3 is 6.03 Å². The van der Waals surface area contributed by atoms with Gasteiger partial charge < -0.3 is 15.5 Å². The lowest BCUT2D eigenvalue weighted by Crippen LogP contribution is -2.42. The Hall–Kier alpha value is -2.89. The van der Waals surface area contributed by atoms with Crippen molar-refractivity contribution in [3.8, 4) is 11.1 Å². The summed E-state index contributed by atoms with van der Waals surface area (Å²) in [6, 6.07) is 11.8. The number of pyridine rings is 1. The summed E-state index contributed by atoms with van der Waals surface area (Å²) in [5, 5.41) is 5.78. The summed E-state index contributed by atoms with van der Waals surface area (Å²) in [4.78, 5) is 29.5. The van der Waals surface area contributed by atoms with Gasteiger partial charge in [0.25, 0.3) is 0 Å². The minimum absolute atomic E-state index is 0.00458. The molecule has 0 saturated carbocycles. The molecule has 2 aromatic rings. The summed E-state index contributed by atoms with van der Waals surface area (Å²) in [7, 11) is 0. The van der Waals surface area contributed by atoms with Gasteiger partial charge in [-0.25, -0.2) is 4.79 Å². The molecule has 0 aliphatic carbocycles. The molecule has 3 amide bonds. The van der Waals surface area contributed by atoms with E-state index in [0.29, 0.717) is 26.1 Å². The number of urea groups is 1. The summed E-state index contributed by atoms with van der Waals surface area (Å²) in [6.07, 6.45) is 3.89. The van der Waals surface area contributed by atoms with Crippen molar-refractivity contribution >= 4 is 11.9 Å². The number of amides is 3. The molecule has 1 atom stereocenters. The Balaban J connectivity index is 1.62. The van der Waals surface area contributed by atoms with E-state index < -0.39 is 0 Å². The Morgan fingerprint density at radius 2 is 1.80 bits per heavy atom.